The van der Waals surface area contributed by atoms with E-state index in [9.17, 15) is 0 Å². The van der Waals surface area contributed by atoms with Crippen molar-refractivity contribution in [2.45, 2.75) is 39.5 Å². The van der Waals surface area contributed by atoms with Gasteiger partial charge in [-0.2, -0.15) is 0 Å². The van der Waals surface area contributed by atoms with Gasteiger partial charge in [-0.05, 0) is 29.1 Å². The maximum atomic E-state index is 2.58. The second-order valence-electron chi connectivity index (χ2n) is 3.51. The summed E-state index contributed by atoms with van der Waals surface area (Å²) in [5, 5.41) is 0. The average Bonchev–Trinajstić information content (AvgIpc) is 1.89. The first-order valence-electron chi connectivity index (χ1n) is 4.16. The van der Waals surface area contributed by atoms with Crippen LogP contribution in [0.25, 0.3) is 0 Å². The number of hydrogen-bond acceptors (Lipinski definition) is 0. The fraction of sp³-hybridized carbons (Fsp3) is 0.889. The first-order chi connectivity index (χ1) is 4.77. The Bertz CT molecular complexity index is 129. The Morgan fingerprint density at radius 3 is 2.90 bits per heavy atom. The Labute approximate surface area is 74.1 Å². The van der Waals surface area contributed by atoms with Gasteiger partial charge in [0.1, 0.15) is 0 Å². The molecule has 0 amide bonds. The zero-order valence-corrected chi connectivity index (χ0v) is 9.15. The minimum absolute atomic E-state index is 0.519. The van der Waals surface area contributed by atoms with E-state index in [4.69, 9.17) is 0 Å². The molecule has 0 N–H and O–H groups in total. The fourth-order valence-corrected chi connectivity index (χ4v) is 4.96. The van der Waals surface area contributed by atoms with E-state index >= 15 is 0 Å². The van der Waals surface area contributed by atoms with Crippen molar-refractivity contribution in [2.75, 3.05) is 4.43 Å². The van der Waals surface area contributed by atoms with Gasteiger partial charge in [-0.15, -0.1) is 20.7 Å². The lowest BCUT2D eigenvalue weighted by Crippen LogP contribution is -2.19. The minimum atomic E-state index is 0.519. The van der Waals surface area contributed by atoms with Crippen LogP contribution in [-0.4, -0.2) is 8.44 Å². The second kappa shape index (κ2) is 3.84. The molecule has 0 nitrogen and oxygen atoms in total. The van der Waals surface area contributed by atoms with Crippen LogP contribution in [0.3, 0.4) is 0 Å². The highest BCUT2D eigenvalue weighted by Crippen LogP contribution is 2.35. The third-order valence-corrected chi connectivity index (χ3v) is 4.57. The molecule has 1 rings (SSSR count). The molecule has 1 heteroatoms. The number of alkyl halides is 1. The molecule has 0 fully saturated rings. The monoisotopic (exact) mass is 252 g/mol. The maximum absolute atomic E-state index is 2.58. The lowest BCUT2D eigenvalue weighted by atomic mass is 9.81. The van der Waals surface area contributed by atoms with Crippen LogP contribution in [0.2, 0.25) is 0 Å². The van der Waals surface area contributed by atoms with E-state index in [1.807, 2.05) is 0 Å². The summed E-state index contributed by atoms with van der Waals surface area (Å²) in [5.41, 5.74) is 0.701. The van der Waals surface area contributed by atoms with E-state index in [1.54, 1.807) is 0 Å². The van der Waals surface area contributed by atoms with Crippen LogP contribution in [-0.2, 0) is 0 Å². The third kappa shape index (κ3) is 2.33. The molecule has 60 valence electrons. The van der Waals surface area contributed by atoms with Gasteiger partial charge in [-0.1, -0.05) is 24.3 Å². The highest BCUT2D eigenvalue weighted by atomic mass is 127. The summed E-state index contributed by atoms with van der Waals surface area (Å²) < 4.78 is 4.12. The first kappa shape index (κ1) is 8.69. The Hall–Kier alpha value is 0.600. The quantitative estimate of drug-likeness (QED) is 0.522. The Balaban J connectivity index is 2.43. The third-order valence-electron chi connectivity index (χ3n) is 2.34. The van der Waals surface area contributed by atoms with Crippen molar-refractivity contribution in [1.82, 2.24) is 0 Å². The predicted octanol–water partition coefficient (Wildman–Crippen LogP) is 3.36. The van der Waals surface area contributed by atoms with Gasteiger partial charge in [-0.3, -0.25) is 0 Å². The molecule has 0 saturated carbocycles. The lowest BCUT2D eigenvalue weighted by molar-refractivity contribution is 0.301. The summed E-state index contributed by atoms with van der Waals surface area (Å²) in [6.07, 6.45) is 5.72. The molecule has 0 aromatic heterocycles. The average molecular weight is 252 g/mol. The zero-order chi connectivity index (χ0) is 7.45. The van der Waals surface area contributed by atoms with E-state index in [-0.39, 0.29) is 0 Å². The molecular weight excluding hydrogens is 235 g/mol. The molecule has 10 heavy (non-hydrogen) atoms. The molecule has 1 aliphatic heterocycles. The molecule has 1 unspecified atom stereocenters. The van der Waals surface area contributed by atoms with Crippen LogP contribution in [0.1, 0.15) is 39.5 Å². The van der Waals surface area contributed by atoms with Gasteiger partial charge >= 0.3 is 0 Å². The summed E-state index contributed by atoms with van der Waals surface area (Å²) in [4.78, 5) is 0. The van der Waals surface area contributed by atoms with Crippen molar-refractivity contribution in [3.63, 3.8) is 0 Å². The largest absolute Gasteiger partial charge is 0.127 e. The van der Waals surface area contributed by atoms with E-state index < -0.39 is 0 Å². The van der Waals surface area contributed by atoms with Crippen molar-refractivity contribution in [2.24, 2.45) is 5.41 Å². The van der Waals surface area contributed by atoms with Gasteiger partial charge in [0.15, 0.2) is 0 Å². The summed E-state index contributed by atoms with van der Waals surface area (Å²) in [6.45, 7) is 4.75. The number of rotatable bonds is 2. The van der Waals surface area contributed by atoms with Crippen LogP contribution < -0.4 is 0 Å². The Kier molecular flexibility index (Phi) is 3.34. The molecule has 0 aromatic carbocycles. The Morgan fingerprint density at radius 2 is 2.40 bits per heavy atom. The van der Waals surface area contributed by atoms with Gasteiger partial charge in [0, 0.05) is 0 Å². The van der Waals surface area contributed by atoms with Crippen molar-refractivity contribution in [3.05, 3.63) is 0 Å². The van der Waals surface area contributed by atoms with Crippen LogP contribution in [0, 0.1) is 5.41 Å². The van der Waals surface area contributed by atoms with E-state index in [0.29, 0.717) is 26.1 Å². The molecular formula is C9H17I. The topological polar surface area (TPSA) is 0 Å². The van der Waals surface area contributed by atoms with Gasteiger partial charge in [0.05, 0.1) is 0 Å². The molecule has 0 bridgehead atoms. The van der Waals surface area contributed by atoms with Gasteiger partial charge in [-0.25, -0.2) is 0 Å². The van der Waals surface area contributed by atoms with E-state index in [2.05, 4.69) is 17.9 Å². The molecule has 0 saturated heterocycles. The summed E-state index contributed by atoms with van der Waals surface area (Å²) >= 11 is 0.519. The van der Waals surface area contributed by atoms with Crippen molar-refractivity contribution >= 4 is 24.7 Å². The van der Waals surface area contributed by atoms with Crippen LogP contribution >= 0.6 is 20.7 Å². The van der Waals surface area contributed by atoms with Gasteiger partial charge < -0.3 is 0 Å². The molecule has 0 aromatic rings. The van der Waals surface area contributed by atoms with Crippen molar-refractivity contribution < 1.29 is 0 Å². The molecule has 1 aliphatic rings. The molecule has 0 spiro atoms. The van der Waals surface area contributed by atoms with Crippen LogP contribution in [0.15, 0.2) is 0 Å². The van der Waals surface area contributed by atoms with Crippen molar-refractivity contribution in [1.29, 1.82) is 0 Å². The van der Waals surface area contributed by atoms with Crippen LogP contribution in [0.4, 0.5) is 0 Å². The highest BCUT2D eigenvalue weighted by molar-refractivity contribution is 14.2. The minimum Gasteiger partial charge on any atom is -0.127 e. The fourth-order valence-electron chi connectivity index (χ4n) is 1.53. The maximum Gasteiger partial charge on any atom is -0.00499 e. The molecule has 0 radical (unpaired) electrons. The predicted molar refractivity (Wildman–Crippen MR) is 57.2 cm³/mol. The van der Waals surface area contributed by atoms with Gasteiger partial charge in [0.2, 0.25) is 0 Å². The van der Waals surface area contributed by atoms with Gasteiger partial charge in [0.25, 0.3) is 0 Å². The lowest BCUT2D eigenvalue weighted by Gasteiger charge is -2.29. The molecule has 1 atom stereocenters. The normalized spacial score (nSPS) is 33.4. The smallest absolute Gasteiger partial charge is 0.00499 e. The Morgan fingerprint density at radius 1 is 1.60 bits per heavy atom. The first-order valence-corrected chi connectivity index (χ1v) is 6.93. The SMILES string of the molecule is CCCC1(C)CC=ICC1. The van der Waals surface area contributed by atoms with Crippen LogP contribution in [0.5, 0.6) is 0 Å². The standard InChI is InChI=1S/C9H17I/c1-3-4-9(2)5-7-10-8-6-9/h7H,3-6,8H2,1-2H3. The van der Waals surface area contributed by atoms with E-state index in [0.717, 1.165) is 0 Å². The second-order valence-corrected chi connectivity index (χ2v) is 6.35. The summed E-state index contributed by atoms with van der Waals surface area (Å²) in [5.74, 6) is 0. The highest BCUT2D eigenvalue weighted by Gasteiger charge is 2.22. The molecule has 0 aliphatic carbocycles. The number of halogens is 1. The van der Waals surface area contributed by atoms with Crippen molar-refractivity contribution in [3.8, 4) is 0 Å². The zero-order valence-electron chi connectivity index (χ0n) is 6.99. The van der Waals surface area contributed by atoms with E-state index in [1.165, 1.54) is 30.1 Å². The summed E-state index contributed by atoms with van der Waals surface area (Å²) in [7, 11) is 0. The number of hydrogen-bond donors (Lipinski definition) is 0. The molecule has 1 heterocycles. The summed E-state index contributed by atoms with van der Waals surface area (Å²) in [6, 6.07) is 0.